The van der Waals surface area contributed by atoms with E-state index in [1.165, 1.54) is 17.6 Å². The first-order chi connectivity index (χ1) is 10.0. The fraction of sp³-hybridized carbons (Fsp3) is 0.400. The summed E-state index contributed by atoms with van der Waals surface area (Å²) in [6, 6.07) is 6.41. The first-order valence-corrected chi connectivity index (χ1v) is 6.81. The molecule has 0 saturated heterocycles. The van der Waals surface area contributed by atoms with Crippen LogP contribution >= 0.6 is 0 Å². The normalized spacial score (nSPS) is 12.6. The summed E-state index contributed by atoms with van der Waals surface area (Å²) in [6.07, 6.45) is 1.67. The van der Waals surface area contributed by atoms with Crippen molar-refractivity contribution < 1.29 is 9.53 Å². The van der Waals surface area contributed by atoms with Gasteiger partial charge in [-0.15, -0.1) is 0 Å². The molecule has 0 aliphatic carbocycles. The predicted octanol–water partition coefficient (Wildman–Crippen LogP) is 0.982. The van der Waals surface area contributed by atoms with Gasteiger partial charge in [-0.05, 0) is 18.1 Å². The van der Waals surface area contributed by atoms with Crippen LogP contribution in [0, 0.1) is 5.92 Å². The Balaban J connectivity index is 2.20. The molecule has 6 nitrogen and oxygen atoms in total. The molecule has 0 bridgehead atoms. The van der Waals surface area contributed by atoms with Crippen molar-refractivity contribution in [3.8, 4) is 0 Å². The number of ether oxygens (including phenoxy) is 1. The number of pyridine rings is 1. The Labute approximate surface area is 122 Å². The van der Waals surface area contributed by atoms with E-state index in [0.717, 1.165) is 0 Å². The van der Waals surface area contributed by atoms with Gasteiger partial charge in [0, 0.05) is 18.8 Å². The summed E-state index contributed by atoms with van der Waals surface area (Å²) in [5.41, 5.74) is 1.04. The maximum absolute atomic E-state index is 12.0. The molecule has 2 aromatic heterocycles. The molecule has 0 aliphatic heterocycles. The molecular weight excluding hydrogens is 270 g/mol. The maximum Gasteiger partial charge on any atom is 0.323 e. The number of hydrogen-bond donors (Lipinski definition) is 1. The molecule has 2 rings (SSSR count). The molecule has 0 aliphatic rings. The van der Waals surface area contributed by atoms with Crippen LogP contribution < -0.4 is 10.9 Å². The molecule has 1 unspecified atom stereocenters. The Hall–Kier alpha value is -2.21. The van der Waals surface area contributed by atoms with Gasteiger partial charge in [-0.25, -0.2) is 4.98 Å². The lowest BCUT2D eigenvalue weighted by molar-refractivity contribution is -0.144. The SMILES string of the molecule is COC(=O)C(NCc1cc(=O)n2ccccc2n1)C(C)C. The zero-order chi connectivity index (χ0) is 15.4. The van der Waals surface area contributed by atoms with Crippen LogP contribution in [0.2, 0.25) is 0 Å². The van der Waals surface area contributed by atoms with Crippen LogP contribution in [0.1, 0.15) is 19.5 Å². The van der Waals surface area contributed by atoms with Crippen LogP contribution in [0.3, 0.4) is 0 Å². The molecule has 0 saturated carbocycles. The van der Waals surface area contributed by atoms with Gasteiger partial charge in [0.15, 0.2) is 0 Å². The molecule has 21 heavy (non-hydrogen) atoms. The first-order valence-electron chi connectivity index (χ1n) is 6.81. The highest BCUT2D eigenvalue weighted by Crippen LogP contribution is 2.05. The number of carbonyl (C=O) groups excluding carboxylic acids is 1. The Kier molecular flexibility index (Phi) is 4.70. The van der Waals surface area contributed by atoms with Gasteiger partial charge in [0.2, 0.25) is 0 Å². The number of fused-ring (bicyclic) bond motifs is 1. The number of carbonyl (C=O) groups is 1. The fourth-order valence-corrected chi connectivity index (χ4v) is 2.13. The van der Waals surface area contributed by atoms with Gasteiger partial charge in [-0.1, -0.05) is 19.9 Å². The van der Waals surface area contributed by atoms with E-state index < -0.39 is 6.04 Å². The van der Waals surface area contributed by atoms with E-state index >= 15 is 0 Å². The summed E-state index contributed by atoms with van der Waals surface area (Å²) in [7, 11) is 1.36. The number of nitrogens with one attached hydrogen (secondary N) is 1. The van der Waals surface area contributed by atoms with E-state index in [-0.39, 0.29) is 17.4 Å². The minimum Gasteiger partial charge on any atom is -0.468 e. The lowest BCUT2D eigenvalue weighted by Crippen LogP contribution is -2.41. The van der Waals surface area contributed by atoms with Crippen molar-refractivity contribution >= 4 is 11.6 Å². The zero-order valence-corrected chi connectivity index (χ0v) is 12.4. The molecule has 2 aromatic rings. The van der Waals surface area contributed by atoms with Crippen molar-refractivity contribution in [1.29, 1.82) is 0 Å². The third-order valence-corrected chi connectivity index (χ3v) is 3.25. The summed E-state index contributed by atoms with van der Waals surface area (Å²) in [6.45, 7) is 4.19. The average Bonchev–Trinajstić information content (AvgIpc) is 2.47. The van der Waals surface area contributed by atoms with Crippen LogP contribution in [-0.2, 0) is 16.1 Å². The number of hydrogen-bond acceptors (Lipinski definition) is 5. The maximum atomic E-state index is 12.0. The quantitative estimate of drug-likeness (QED) is 0.831. The van der Waals surface area contributed by atoms with Gasteiger partial charge in [0.25, 0.3) is 5.56 Å². The largest absolute Gasteiger partial charge is 0.468 e. The Morgan fingerprint density at radius 1 is 1.43 bits per heavy atom. The standard InChI is InChI=1S/C15H19N3O3/c1-10(2)14(15(20)21-3)16-9-11-8-13(19)18-7-5-4-6-12(18)17-11/h4-8,10,14,16H,9H2,1-3H3. The van der Waals surface area contributed by atoms with E-state index in [1.807, 2.05) is 19.9 Å². The number of rotatable bonds is 5. The molecule has 1 atom stereocenters. The summed E-state index contributed by atoms with van der Waals surface area (Å²) >= 11 is 0. The van der Waals surface area contributed by atoms with E-state index in [0.29, 0.717) is 17.9 Å². The monoisotopic (exact) mass is 289 g/mol. The zero-order valence-electron chi connectivity index (χ0n) is 12.4. The summed E-state index contributed by atoms with van der Waals surface area (Å²) in [5, 5.41) is 3.09. The predicted molar refractivity (Wildman–Crippen MR) is 78.9 cm³/mol. The third kappa shape index (κ3) is 3.46. The molecule has 112 valence electrons. The molecule has 0 fully saturated rings. The molecule has 0 aromatic carbocycles. The van der Waals surface area contributed by atoms with Gasteiger partial charge < -0.3 is 4.74 Å². The number of nitrogens with zero attached hydrogens (tertiary/aromatic N) is 2. The minimum atomic E-state index is -0.425. The van der Waals surface area contributed by atoms with Crippen LogP contribution in [0.5, 0.6) is 0 Å². The van der Waals surface area contributed by atoms with Crippen LogP contribution in [0.15, 0.2) is 35.3 Å². The average molecular weight is 289 g/mol. The van der Waals surface area contributed by atoms with Gasteiger partial charge in [-0.2, -0.15) is 0 Å². The van der Waals surface area contributed by atoms with Crippen molar-refractivity contribution in [3.63, 3.8) is 0 Å². The number of aromatic nitrogens is 2. The molecule has 1 N–H and O–H groups in total. The van der Waals surface area contributed by atoms with Crippen molar-refractivity contribution in [2.45, 2.75) is 26.4 Å². The molecular formula is C15H19N3O3. The third-order valence-electron chi connectivity index (χ3n) is 3.25. The molecule has 0 spiro atoms. The van der Waals surface area contributed by atoms with Crippen LogP contribution in [0.25, 0.3) is 5.65 Å². The van der Waals surface area contributed by atoms with Crippen molar-refractivity contribution in [2.24, 2.45) is 5.92 Å². The topological polar surface area (TPSA) is 72.7 Å². The molecule has 6 heteroatoms. The smallest absolute Gasteiger partial charge is 0.323 e. The molecule has 0 amide bonds. The highest BCUT2D eigenvalue weighted by molar-refractivity contribution is 5.75. The highest BCUT2D eigenvalue weighted by Gasteiger charge is 2.22. The fourth-order valence-electron chi connectivity index (χ4n) is 2.13. The Morgan fingerprint density at radius 2 is 2.19 bits per heavy atom. The van der Waals surface area contributed by atoms with Crippen molar-refractivity contribution in [3.05, 3.63) is 46.5 Å². The van der Waals surface area contributed by atoms with Gasteiger partial charge in [0.05, 0.1) is 12.8 Å². The molecule has 2 heterocycles. The Bertz CT molecular complexity index is 694. The Morgan fingerprint density at radius 3 is 2.86 bits per heavy atom. The van der Waals surface area contributed by atoms with E-state index in [1.54, 1.807) is 18.3 Å². The summed E-state index contributed by atoms with van der Waals surface area (Å²) in [4.78, 5) is 28.1. The van der Waals surface area contributed by atoms with E-state index in [2.05, 4.69) is 10.3 Å². The van der Waals surface area contributed by atoms with Crippen LogP contribution in [0.4, 0.5) is 0 Å². The van der Waals surface area contributed by atoms with Crippen LogP contribution in [-0.4, -0.2) is 28.5 Å². The van der Waals surface area contributed by atoms with E-state index in [4.69, 9.17) is 4.74 Å². The second-order valence-corrected chi connectivity index (χ2v) is 5.14. The minimum absolute atomic E-state index is 0.0824. The second-order valence-electron chi connectivity index (χ2n) is 5.14. The molecule has 0 radical (unpaired) electrons. The van der Waals surface area contributed by atoms with Gasteiger partial charge in [-0.3, -0.25) is 19.3 Å². The highest BCUT2D eigenvalue weighted by atomic mass is 16.5. The number of methoxy groups -OCH3 is 1. The van der Waals surface area contributed by atoms with Gasteiger partial charge in [0.1, 0.15) is 11.7 Å². The second kappa shape index (κ2) is 6.49. The lowest BCUT2D eigenvalue weighted by atomic mass is 10.0. The summed E-state index contributed by atoms with van der Waals surface area (Å²) in [5.74, 6) is -0.235. The number of esters is 1. The van der Waals surface area contributed by atoms with Gasteiger partial charge >= 0.3 is 5.97 Å². The lowest BCUT2D eigenvalue weighted by Gasteiger charge is -2.19. The van der Waals surface area contributed by atoms with Crippen molar-refractivity contribution in [1.82, 2.24) is 14.7 Å². The summed E-state index contributed by atoms with van der Waals surface area (Å²) < 4.78 is 6.24. The first kappa shape index (κ1) is 15.2. The van der Waals surface area contributed by atoms with E-state index in [9.17, 15) is 9.59 Å². The van der Waals surface area contributed by atoms with Crippen molar-refractivity contribution in [2.75, 3.05) is 7.11 Å².